The lowest BCUT2D eigenvalue weighted by Crippen LogP contribution is -2.38. The first kappa shape index (κ1) is 21.8. The molecule has 2 aromatic rings. The number of ether oxygens (including phenoxy) is 1. The van der Waals surface area contributed by atoms with E-state index in [1.165, 1.54) is 31.7 Å². The molecule has 4 nitrogen and oxygen atoms in total. The first-order valence-corrected chi connectivity index (χ1v) is 11.7. The topological polar surface area (TPSA) is 41.6 Å². The molecule has 1 saturated carbocycles. The molecule has 2 aromatic carbocycles. The molecule has 4 rings (SSSR count). The van der Waals surface area contributed by atoms with Gasteiger partial charge in [-0.15, -0.1) is 0 Å². The molecule has 1 aliphatic heterocycles. The fraction of sp³-hybridized carbons (Fsp3) is 0.500. The van der Waals surface area contributed by atoms with E-state index in [-0.39, 0.29) is 11.7 Å². The summed E-state index contributed by atoms with van der Waals surface area (Å²) in [6, 6.07) is 14.2. The summed E-state index contributed by atoms with van der Waals surface area (Å²) in [5, 5.41) is 3.02. The Morgan fingerprint density at radius 3 is 2.29 bits per heavy atom. The van der Waals surface area contributed by atoms with Crippen LogP contribution in [0.4, 0.5) is 10.1 Å². The zero-order valence-electron chi connectivity index (χ0n) is 18.2. The Hall–Kier alpha value is -2.40. The normalized spacial score (nSPS) is 19.0. The standard InChI is InChI=1S/C26H33FN2O2/c27-24-10-4-3-9-23(24)26(15-5-6-16-26)25(30)28-21-11-13-22(14-12-21)31-20-19-29-17-7-1-2-8-18-29/h3-4,9-14H,1-2,5-8,15-20H2,(H,28,30). The lowest BCUT2D eigenvalue weighted by molar-refractivity contribution is -0.121. The highest BCUT2D eigenvalue weighted by molar-refractivity contribution is 5.99. The Labute approximate surface area is 184 Å². The van der Waals surface area contributed by atoms with Gasteiger partial charge in [0, 0.05) is 17.8 Å². The summed E-state index contributed by atoms with van der Waals surface area (Å²) in [6.07, 6.45) is 8.46. The summed E-state index contributed by atoms with van der Waals surface area (Å²) in [5.41, 5.74) is 0.444. The molecule has 0 aromatic heterocycles. The van der Waals surface area contributed by atoms with Crippen LogP contribution in [0.1, 0.15) is 56.9 Å². The molecule has 0 bridgehead atoms. The maximum absolute atomic E-state index is 14.5. The molecule has 0 radical (unpaired) electrons. The number of amides is 1. The summed E-state index contributed by atoms with van der Waals surface area (Å²) in [4.78, 5) is 15.7. The minimum Gasteiger partial charge on any atom is -0.492 e. The molecule has 0 spiro atoms. The van der Waals surface area contributed by atoms with E-state index in [9.17, 15) is 9.18 Å². The Balaban J connectivity index is 1.34. The molecule has 0 unspecified atom stereocenters. The van der Waals surface area contributed by atoms with Crippen LogP contribution in [-0.2, 0) is 10.2 Å². The zero-order valence-corrected chi connectivity index (χ0v) is 18.2. The smallest absolute Gasteiger partial charge is 0.235 e. The minimum atomic E-state index is -0.784. The van der Waals surface area contributed by atoms with E-state index in [4.69, 9.17) is 4.74 Å². The number of nitrogens with one attached hydrogen (secondary N) is 1. The molecule has 1 N–H and O–H groups in total. The largest absolute Gasteiger partial charge is 0.492 e. The third-order valence-electron chi connectivity index (χ3n) is 6.77. The second kappa shape index (κ2) is 10.3. The van der Waals surface area contributed by atoms with Gasteiger partial charge in [-0.05, 0) is 69.1 Å². The molecule has 1 saturated heterocycles. The number of anilines is 1. The average Bonchev–Trinajstić information content (AvgIpc) is 3.14. The van der Waals surface area contributed by atoms with Gasteiger partial charge in [0.05, 0.1) is 5.41 Å². The van der Waals surface area contributed by atoms with E-state index < -0.39 is 5.41 Å². The van der Waals surface area contributed by atoms with Gasteiger partial charge in [0.1, 0.15) is 18.2 Å². The van der Waals surface area contributed by atoms with Gasteiger partial charge in [0.15, 0.2) is 0 Å². The van der Waals surface area contributed by atoms with Crippen molar-refractivity contribution in [3.63, 3.8) is 0 Å². The molecular weight excluding hydrogens is 391 g/mol. The van der Waals surface area contributed by atoms with Gasteiger partial charge in [-0.3, -0.25) is 9.69 Å². The molecule has 0 atom stereocenters. The third-order valence-corrected chi connectivity index (χ3v) is 6.77. The van der Waals surface area contributed by atoms with Crippen molar-refractivity contribution in [1.29, 1.82) is 0 Å². The van der Waals surface area contributed by atoms with Crippen LogP contribution in [0.25, 0.3) is 0 Å². The molecule has 1 heterocycles. The number of halogens is 1. The fourth-order valence-corrected chi connectivity index (χ4v) is 4.98. The van der Waals surface area contributed by atoms with Crippen molar-refractivity contribution in [2.45, 2.75) is 56.8 Å². The van der Waals surface area contributed by atoms with Crippen LogP contribution in [0.5, 0.6) is 5.75 Å². The quantitative estimate of drug-likeness (QED) is 0.635. The minimum absolute atomic E-state index is 0.120. The summed E-state index contributed by atoms with van der Waals surface area (Å²) < 4.78 is 20.4. The van der Waals surface area contributed by atoms with E-state index in [1.807, 2.05) is 30.3 Å². The van der Waals surface area contributed by atoms with Crippen molar-refractivity contribution in [3.8, 4) is 5.75 Å². The molecule has 2 aliphatic rings. The summed E-state index contributed by atoms with van der Waals surface area (Å²) in [6.45, 7) is 3.95. The molecule has 1 aliphatic carbocycles. The van der Waals surface area contributed by atoms with Crippen molar-refractivity contribution >= 4 is 11.6 Å². The number of rotatable bonds is 7. The van der Waals surface area contributed by atoms with Gasteiger partial charge in [-0.2, -0.15) is 0 Å². The van der Waals surface area contributed by atoms with Crippen LogP contribution in [0.2, 0.25) is 0 Å². The van der Waals surface area contributed by atoms with Crippen LogP contribution in [0, 0.1) is 5.82 Å². The van der Waals surface area contributed by atoms with Gasteiger partial charge < -0.3 is 10.1 Å². The molecular formula is C26H33FN2O2. The van der Waals surface area contributed by atoms with Crippen LogP contribution in [0.15, 0.2) is 48.5 Å². The first-order valence-electron chi connectivity index (χ1n) is 11.7. The number of benzene rings is 2. The summed E-state index contributed by atoms with van der Waals surface area (Å²) in [7, 11) is 0. The van der Waals surface area contributed by atoms with Gasteiger partial charge in [0.2, 0.25) is 5.91 Å². The predicted octanol–water partition coefficient (Wildman–Crippen LogP) is 5.53. The number of hydrogen-bond donors (Lipinski definition) is 1. The van der Waals surface area contributed by atoms with Gasteiger partial charge >= 0.3 is 0 Å². The van der Waals surface area contributed by atoms with Crippen LogP contribution in [-0.4, -0.2) is 37.0 Å². The lowest BCUT2D eigenvalue weighted by Gasteiger charge is -2.28. The number of carbonyl (C=O) groups is 1. The Morgan fingerprint density at radius 2 is 1.61 bits per heavy atom. The van der Waals surface area contributed by atoms with E-state index >= 15 is 0 Å². The molecule has 166 valence electrons. The van der Waals surface area contributed by atoms with Crippen molar-refractivity contribution < 1.29 is 13.9 Å². The number of likely N-dealkylation sites (tertiary alicyclic amines) is 1. The second-order valence-corrected chi connectivity index (χ2v) is 8.85. The highest BCUT2D eigenvalue weighted by Crippen LogP contribution is 2.43. The predicted molar refractivity (Wildman–Crippen MR) is 122 cm³/mol. The van der Waals surface area contributed by atoms with Crippen LogP contribution < -0.4 is 10.1 Å². The fourth-order valence-electron chi connectivity index (χ4n) is 4.98. The molecule has 1 amide bonds. The monoisotopic (exact) mass is 424 g/mol. The van der Waals surface area contributed by atoms with E-state index in [0.29, 0.717) is 30.7 Å². The Kier molecular flexibility index (Phi) is 7.23. The third kappa shape index (κ3) is 5.27. The highest BCUT2D eigenvalue weighted by atomic mass is 19.1. The van der Waals surface area contributed by atoms with E-state index in [0.717, 1.165) is 38.2 Å². The molecule has 2 fully saturated rings. The van der Waals surface area contributed by atoms with Gasteiger partial charge in [-0.25, -0.2) is 4.39 Å². The number of nitrogens with zero attached hydrogens (tertiary/aromatic N) is 1. The van der Waals surface area contributed by atoms with Crippen molar-refractivity contribution in [2.24, 2.45) is 0 Å². The Morgan fingerprint density at radius 1 is 0.935 bits per heavy atom. The van der Waals surface area contributed by atoms with Crippen molar-refractivity contribution in [2.75, 3.05) is 31.6 Å². The van der Waals surface area contributed by atoms with Crippen molar-refractivity contribution in [1.82, 2.24) is 4.90 Å². The van der Waals surface area contributed by atoms with Gasteiger partial charge in [-0.1, -0.05) is 43.9 Å². The summed E-state index contributed by atoms with van der Waals surface area (Å²) >= 11 is 0. The van der Waals surface area contributed by atoms with Crippen LogP contribution >= 0.6 is 0 Å². The average molecular weight is 425 g/mol. The van der Waals surface area contributed by atoms with Gasteiger partial charge in [0.25, 0.3) is 0 Å². The van der Waals surface area contributed by atoms with Crippen LogP contribution in [0.3, 0.4) is 0 Å². The highest BCUT2D eigenvalue weighted by Gasteiger charge is 2.44. The molecule has 31 heavy (non-hydrogen) atoms. The first-order chi connectivity index (χ1) is 15.2. The number of carbonyl (C=O) groups excluding carboxylic acids is 1. The second-order valence-electron chi connectivity index (χ2n) is 8.85. The maximum Gasteiger partial charge on any atom is 0.235 e. The molecule has 5 heteroatoms. The maximum atomic E-state index is 14.5. The van der Waals surface area contributed by atoms with E-state index in [1.54, 1.807) is 12.1 Å². The van der Waals surface area contributed by atoms with Crippen molar-refractivity contribution in [3.05, 3.63) is 59.9 Å². The van der Waals surface area contributed by atoms with E-state index in [2.05, 4.69) is 10.2 Å². The lowest BCUT2D eigenvalue weighted by atomic mass is 9.77. The number of hydrogen-bond acceptors (Lipinski definition) is 3. The summed E-state index contributed by atoms with van der Waals surface area (Å²) in [5.74, 6) is 0.384. The Bertz CT molecular complexity index is 854. The zero-order chi connectivity index (χ0) is 21.5. The SMILES string of the molecule is O=C(Nc1ccc(OCCN2CCCCCC2)cc1)C1(c2ccccc2F)CCCC1.